The van der Waals surface area contributed by atoms with Gasteiger partial charge >= 0.3 is 6.18 Å². The molecule has 3 heterocycles. The SMILES string of the molecule is COCCn1nnnc1[C@@H](c1cc2cc(C)c(C)cc2[nH]c1=O)N1CCN(c2cccc(C(F)(F)F)c2)CC1. The number of H-pyrrole nitrogens is 1. The molecule has 1 aliphatic heterocycles. The van der Waals surface area contributed by atoms with E-state index in [1.165, 1.54) is 12.1 Å². The second-order valence-electron chi connectivity index (χ2n) is 9.80. The van der Waals surface area contributed by atoms with Crippen LogP contribution >= 0.6 is 0 Å². The number of ether oxygens (including phenoxy) is 1. The van der Waals surface area contributed by atoms with Crippen LogP contribution in [0, 0.1) is 13.8 Å². The number of hydrogen-bond acceptors (Lipinski definition) is 7. The molecule has 0 spiro atoms. The van der Waals surface area contributed by atoms with Crippen LogP contribution in [0.25, 0.3) is 10.9 Å². The van der Waals surface area contributed by atoms with E-state index in [2.05, 4.69) is 25.4 Å². The fourth-order valence-corrected chi connectivity index (χ4v) is 5.06. The van der Waals surface area contributed by atoms with Crippen molar-refractivity contribution in [3.8, 4) is 0 Å². The average Bonchev–Trinajstić information content (AvgIpc) is 3.37. The predicted octanol–water partition coefficient (Wildman–Crippen LogP) is 3.71. The Bertz CT molecular complexity index is 1520. The molecule has 2 aromatic heterocycles. The van der Waals surface area contributed by atoms with Gasteiger partial charge in [0.1, 0.15) is 6.04 Å². The van der Waals surface area contributed by atoms with Crippen LogP contribution in [0.2, 0.25) is 0 Å². The number of aromatic amines is 1. The number of anilines is 1. The Kier molecular flexibility index (Phi) is 7.41. The highest BCUT2D eigenvalue weighted by Gasteiger charge is 2.34. The summed E-state index contributed by atoms with van der Waals surface area (Å²) in [5, 5.41) is 13.2. The van der Waals surface area contributed by atoms with Crippen molar-refractivity contribution in [2.24, 2.45) is 0 Å². The van der Waals surface area contributed by atoms with Crippen LogP contribution in [-0.2, 0) is 17.5 Å². The van der Waals surface area contributed by atoms with Gasteiger partial charge in [-0.15, -0.1) is 5.10 Å². The molecule has 0 saturated carbocycles. The van der Waals surface area contributed by atoms with Crippen molar-refractivity contribution in [1.29, 1.82) is 0 Å². The van der Waals surface area contributed by atoms with E-state index in [1.54, 1.807) is 17.9 Å². The summed E-state index contributed by atoms with van der Waals surface area (Å²) in [5.74, 6) is 0.508. The van der Waals surface area contributed by atoms with Gasteiger partial charge in [0.15, 0.2) is 5.82 Å². The van der Waals surface area contributed by atoms with Gasteiger partial charge in [0.25, 0.3) is 5.56 Å². The van der Waals surface area contributed by atoms with Gasteiger partial charge in [-0.05, 0) is 77.2 Å². The van der Waals surface area contributed by atoms with Crippen LogP contribution in [0.5, 0.6) is 0 Å². The first-order chi connectivity index (χ1) is 18.7. The van der Waals surface area contributed by atoms with E-state index in [4.69, 9.17) is 4.74 Å². The number of aromatic nitrogens is 5. The van der Waals surface area contributed by atoms with Gasteiger partial charge in [0.2, 0.25) is 0 Å². The molecular weight excluding hydrogens is 511 g/mol. The Labute approximate surface area is 223 Å². The molecule has 0 unspecified atom stereocenters. The smallest absolute Gasteiger partial charge is 0.383 e. The Morgan fingerprint density at radius 3 is 2.51 bits per heavy atom. The minimum Gasteiger partial charge on any atom is -0.383 e. The first-order valence-corrected chi connectivity index (χ1v) is 12.7. The van der Waals surface area contributed by atoms with Crippen molar-refractivity contribution in [3.63, 3.8) is 0 Å². The molecule has 4 aromatic rings. The van der Waals surface area contributed by atoms with Crippen LogP contribution < -0.4 is 10.5 Å². The second-order valence-corrected chi connectivity index (χ2v) is 9.80. The summed E-state index contributed by atoms with van der Waals surface area (Å²) in [7, 11) is 1.59. The molecule has 39 heavy (non-hydrogen) atoms. The molecule has 2 aromatic carbocycles. The van der Waals surface area contributed by atoms with Crippen molar-refractivity contribution in [3.05, 3.63) is 80.9 Å². The van der Waals surface area contributed by atoms with Gasteiger partial charge in [0, 0.05) is 50.1 Å². The minimum atomic E-state index is -4.41. The maximum Gasteiger partial charge on any atom is 0.416 e. The highest BCUT2D eigenvalue weighted by atomic mass is 19.4. The number of pyridine rings is 1. The lowest BCUT2D eigenvalue weighted by Crippen LogP contribution is -2.49. The molecular formula is C27H30F3N7O2. The highest BCUT2D eigenvalue weighted by Crippen LogP contribution is 2.33. The van der Waals surface area contributed by atoms with Crippen molar-refractivity contribution >= 4 is 16.6 Å². The van der Waals surface area contributed by atoms with Crippen molar-refractivity contribution < 1.29 is 17.9 Å². The Balaban J connectivity index is 1.50. The number of nitrogens with zero attached hydrogens (tertiary/aromatic N) is 6. The lowest BCUT2D eigenvalue weighted by atomic mass is 10.00. The summed E-state index contributed by atoms with van der Waals surface area (Å²) in [5.41, 5.74) is 3.04. The van der Waals surface area contributed by atoms with E-state index >= 15 is 0 Å². The summed E-state index contributed by atoms with van der Waals surface area (Å²) in [6, 6.07) is 10.7. The van der Waals surface area contributed by atoms with Gasteiger partial charge < -0.3 is 14.6 Å². The molecule has 1 fully saturated rings. The van der Waals surface area contributed by atoms with E-state index in [0.717, 1.165) is 28.1 Å². The number of alkyl halides is 3. The first-order valence-electron chi connectivity index (χ1n) is 12.7. The predicted molar refractivity (Wildman–Crippen MR) is 141 cm³/mol. The number of nitrogens with one attached hydrogen (secondary N) is 1. The zero-order valence-electron chi connectivity index (χ0n) is 22.0. The zero-order valence-corrected chi connectivity index (χ0v) is 22.0. The number of halogens is 3. The monoisotopic (exact) mass is 541 g/mol. The molecule has 1 saturated heterocycles. The lowest BCUT2D eigenvalue weighted by Gasteiger charge is -2.39. The Morgan fingerprint density at radius 1 is 1.05 bits per heavy atom. The molecule has 1 N–H and O–H groups in total. The third-order valence-corrected chi connectivity index (χ3v) is 7.31. The van der Waals surface area contributed by atoms with E-state index in [-0.39, 0.29) is 5.56 Å². The normalized spacial score (nSPS) is 15.7. The number of benzene rings is 2. The van der Waals surface area contributed by atoms with Crippen LogP contribution in [0.15, 0.2) is 47.3 Å². The number of methoxy groups -OCH3 is 1. The topological polar surface area (TPSA) is 92.2 Å². The third-order valence-electron chi connectivity index (χ3n) is 7.31. The van der Waals surface area contributed by atoms with Crippen LogP contribution in [0.3, 0.4) is 0 Å². The number of hydrogen-bond donors (Lipinski definition) is 1. The fraction of sp³-hybridized carbons (Fsp3) is 0.407. The fourth-order valence-electron chi connectivity index (χ4n) is 5.06. The van der Waals surface area contributed by atoms with Crippen LogP contribution in [-0.4, -0.2) is 70.0 Å². The van der Waals surface area contributed by atoms with Gasteiger partial charge in [-0.2, -0.15) is 13.2 Å². The van der Waals surface area contributed by atoms with Gasteiger partial charge in [-0.1, -0.05) is 6.07 Å². The van der Waals surface area contributed by atoms with Crippen molar-refractivity contribution in [2.75, 3.05) is 44.8 Å². The standard InChI is InChI=1S/C27H30F3N7O2/c1-17-13-19-15-22(26(38)31-23(19)14-18(17)2)24(25-32-33-34-37(25)11-12-39-3)36-9-7-35(8-10-36)21-6-4-5-20(16-21)27(28,29)30/h4-6,13-16,24H,7-12H2,1-3H3,(H,31,38)/t24-/m1/s1. The molecule has 1 atom stereocenters. The first kappa shape index (κ1) is 26.8. The number of tetrazole rings is 1. The molecule has 5 rings (SSSR count). The molecule has 9 nitrogen and oxygen atoms in total. The van der Waals surface area contributed by atoms with Crippen molar-refractivity contribution in [2.45, 2.75) is 32.6 Å². The molecule has 0 bridgehead atoms. The number of piperazine rings is 1. The van der Waals surface area contributed by atoms with E-state index < -0.39 is 17.8 Å². The largest absolute Gasteiger partial charge is 0.416 e. The third kappa shape index (κ3) is 5.52. The van der Waals surface area contributed by atoms with Gasteiger partial charge in [-0.25, -0.2) is 4.68 Å². The lowest BCUT2D eigenvalue weighted by molar-refractivity contribution is -0.137. The number of fused-ring (bicyclic) bond motifs is 1. The molecule has 0 radical (unpaired) electrons. The molecule has 1 aliphatic rings. The summed E-state index contributed by atoms with van der Waals surface area (Å²) >= 11 is 0. The molecule has 0 aliphatic carbocycles. The highest BCUT2D eigenvalue weighted by molar-refractivity contribution is 5.81. The minimum absolute atomic E-state index is 0.239. The van der Waals surface area contributed by atoms with E-state index in [1.807, 2.05) is 36.9 Å². The Hall–Kier alpha value is -3.77. The molecule has 12 heteroatoms. The maximum absolute atomic E-state index is 13.4. The zero-order chi connectivity index (χ0) is 27.7. The Morgan fingerprint density at radius 2 is 1.79 bits per heavy atom. The summed E-state index contributed by atoms with van der Waals surface area (Å²) in [6.07, 6.45) is -4.41. The summed E-state index contributed by atoms with van der Waals surface area (Å²) < 4.78 is 46.7. The number of aryl methyl sites for hydroxylation is 2. The van der Waals surface area contributed by atoms with Gasteiger partial charge in [-0.3, -0.25) is 9.69 Å². The summed E-state index contributed by atoms with van der Waals surface area (Å²) in [4.78, 5) is 20.5. The summed E-state index contributed by atoms with van der Waals surface area (Å²) in [6.45, 7) is 6.74. The maximum atomic E-state index is 13.4. The van der Waals surface area contributed by atoms with Crippen molar-refractivity contribution in [1.82, 2.24) is 30.1 Å². The van der Waals surface area contributed by atoms with E-state index in [0.29, 0.717) is 56.4 Å². The quantitative estimate of drug-likeness (QED) is 0.381. The number of rotatable bonds is 7. The van der Waals surface area contributed by atoms with Crippen LogP contribution in [0.4, 0.5) is 18.9 Å². The average molecular weight is 542 g/mol. The molecule has 0 amide bonds. The van der Waals surface area contributed by atoms with E-state index in [9.17, 15) is 18.0 Å². The second kappa shape index (κ2) is 10.8. The van der Waals surface area contributed by atoms with Crippen LogP contribution in [0.1, 0.15) is 34.1 Å². The molecule has 206 valence electrons. The van der Waals surface area contributed by atoms with Gasteiger partial charge in [0.05, 0.1) is 18.7 Å².